The summed E-state index contributed by atoms with van der Waals surface area (Å²) in [5, 5.41) is 10.4. The summed E-state index contributed by atoms with van der Waals surface area (Å²) in [6, 6.07) is 46.8. The zero-order valence-corrected chi connectivity index (χ0v) is 57.2. The molecule has 1 spiro atoms. The van der Waals surface area contributed by atoms with E-state index in [4.69, 9.17) is 9.47 Å². The van der Waals surface area contributed by atoms with E-state index in [2.05, 4.69) is 26.8 Å². The zero-order valence-electron chi connectivity index (χ0n) is 57.2. The van der Waals surface area contributed by atoms with E-state index in [1.165, 1.54) is 29.2 Å². The predicted octanol–water partition coefficient (Wildman–Crippen LogP) is 13.2. The van der Waals surface area contributed by atoms with Crippen LogP contribution in [0, 0.1) is 5.82 Å². The van der Waals surface area contributed by atoms with Crippen molar-refractivity contribution >= 4 is 35.4 Å². The maximum atomic E-state index is 14.3. The average molecular weight is 1400 g/mol. The number of halogens is 7. The number of rotatable bonds is 24. The van der Waals surface area contributed by atoms with Crippen LogP contribution < -0.4 is 4.90 Å². The van der Waals surface area contributed by atoms with Gasteiger partial charge in [0, 0.05) is 114 Å². The number of hydrogen-bond acceptors (Lipinski definition) is 10. The molecule has 16 nitrogen and oxygen atoms in total. The third kappa shape index (κ3) is 17.3. The van der Waals surface area contributed by atoms with E-state index in [0.29, 0.717) is 145 Å². The molecule has 3 saturated heterocycles. The molecular weight excluding hydrogens is 1310 g/mol. The van der Waals surface area contributed by atoms with E-state index in [0.717, 1.165) is 38.3 Å². The minimum Gasteiger partial charge on any atom is -0.465 e. The summed E-state index contributed by atoms with van der Waals surface area (Å²) in [6.45, 7) is 5.38. The van der Waals surface area contributed by atoms with Gasteiger partial charge in [0.2, 0.25) is 5.91 Å². The van der Waals surface area contributed by atoms with Gasteiger partial charge in [0.25, 0.3) is 17.7 Å². The molecule has 3 heterocycles. The number of hydrogen-bond donors (Lipinski definition) is 1. The number of carbonyl (C=O) groups excluding carboxylic acids is 4. The molecule has 0 bridgehead atoms. The fraction of sp³-hybridized carbons (Fsp3) is 0.397. The van der Waals surface area contributed by atoms with Crippen LogP contribution in [0.15, 0.2) is 170 Å². The quantitative estimate of drug-likeness (QED) is 0.0576. The van der Waals surface area contributed by atoms with Gasteiger partial charge in [0.1, 0.15) is 24.8 Å². The highest BCUT2D eigenvalue weighted by molar-refractivity contribution is 5.96. The van der Waals surface area contributed by atoms with Crippen LogP contribution >= 0.6 is 0 Å². The Morgan fingerprint density at radius 3 is 1.91 bits per heavy atom. The molecule has 7 aromatic carbocycles. The number of likely N-dealkylation sites (N-methyl/N-ethyl adjacent to an activating group) is 2. The lowest BCUT2D eigenvalue weighted by atomic mass is 9.72. The van der Waals surface area contributed by atoms with Crippen molar-refractivity contribution in [1.82, 2.24) is 34.3 Å². The topological polar surface area (TPSA) is 150 Å². The summed E-state index contributed by atoms with van der Waals surface area (Å²) < 4.78 is 110. The minimum absolute atomic E-state index is 0.0295. The number of nitrogens with zero attached hydrogens (tertiary/aromatic N) is 8. The number of alkyl halides is 6. The molecule has 1 N–H and O–H groups in total. The van der Waals surface area contributed by atoms with Gasteiger partial charge < -0.3 is 44.0 Å². The number of piperidine rings is 2. The van der Waals surface area contributed by atoms with Crippen LogP contribution in [0.3, 0.4) is 0 Å². The van der Waals surface area contributed by atoms with Crippen molar-refractivity contribution in [2.24, 2.45) is 0 Å². The van der Waals surface area contributed by atoms with Gasteiger partial charge >= 0.3 is 18.4 Å². The third-order valence-corrected chi connectivity index (χ3v) is 20.5. The second kappa shape index (κ2) is 31.5. The van der Waals surface area contributed by atoms with Crippen LogP contribution in [0.5, 0.6) is 0 Å². The number of anilines is 1. The minimum atomic E-state index is -5.15. The van der Waals surface area contributed by atoms with Gasteiger partial charge in [-0.1, -0.05) is 109 Å². The van der Waals surface area contributed by atoms with Crippen molar-refractivity contribution in [3.8, 4) is 11.1 Å². The second-order valence-corrected chi connectivity index (χ2v) is 27.3. The van der Waals surface area contributed by atoms with Gasteiger partial charge in [0.15, 0.2) is 0 Å². The van der Waals surface area contributed by atoms with Gasteiger partial charge in [-0.2, -0.15) is 26.3 Å². The largest absolute Gasteiger partial charge is 0.465 e. The first-order chi connectivity index (χ1) is 48.3. The van der Waals surface area contributed by atoms with Crippen molar-refractivity contribution in [3.63, 3.8) is 0 Å². The fourth-order valence-corrected chi connectivity index (χ4v) is 14.8. The monoisotopic (exact) mass is 1390 g/mol. The Morgan fingerprint density at radius 2 is 1.23 bits per heavy atom. The van der Waals surface area contributed by atoms with Gasteiger partial charge in [-0.15, -0.1) is 0 Å². The van der Waals surface area contributed by atoms with Crippen LogP contribution in [0.4, 0.5) is 41.2 Å². The molecule has 0 aromatic heterocycles. The highest BCUT2D eigenvalue weighted by Gasteiger charge is 2.50. The molecule has 0 saturated carbocycles. The lowest BCUT2D eigenvalue weighted by molar-refractivity contribution is -0.143. The summed E-state index contributed by atoms with van der Waals surface area (Å²) in [5.41, 5.74) is 2.72. The highest BCUT2D eigenvalue weighted by atomic mass is 19.4. The van der Waals surface area contributed by atoms with Gasteiger partial charge in [-0.05, 0) is 159 Å². The molecule has 5 amide bonds. The maximum Gasteiger partial charge on any atom is 0.416 e. The van der Waals surface area contributed by atoms with E-state index in [-0.39, 0.29) is 55.5 Å². The average Bonchev–Trinajstić information content (AvgIpc) is 1.60. The first-order valence-electron chi connectivity index (χ1n) is 34.2. The molecule has 534 valence electrons. The van der Waals surface area contributed by atoms with E-state index < -0.39 is 64.6 Å². The van der Waals surface area contributed by atoms with Crippen molar-refractivity contribution in [3.05, 3.63) is 231 Å². The lowest BCUT2D eigenvalue weighted by Gasteiger charge is -2.44. The molecule has 3 aliphatic heterocycles. The molecule has 101 heavy (non-hydrogen) atoms. The Kier molecular flexibility index (Phi) is 22.8. The van der Waals surface area contributed by atoms with Gasteiger partial charge in [0.05, 0.1) is 29.5 Å². The van der Waals surface area contributed by atoms with Crippen LogP contribution in [0.2, 0.25) is 0 Å². The number of ether oxygens (including phenoxy) is 2. The summed E-state index contributed by atoms with van der Waals surface area (Å²) in [5.74, 6) is -2.04. The number of likely N-dealkylation sites (tertiary alicyclic amines) is 2. The normalized spacial score (nSPS) is 18.0. The SMILES string of the molecule is CN(Cc1ccc(C(=O)N(C)CCCN(C)C(=O)CO[C@H]2Cc3ccccc3C23CCN(CC[C@@]2(c4ccc(F)cc4)CN(C(=O)c4cc(C(F)(F)F)cc(C(F)(F)F)c4)CO2)CC3)cc1)Cc1cccc(C(=O)N(C)CCN2CCC(N(C(=O)O)c3ccccc3-c3ccccc3)CC2)c1. The third-order valence-electron chi connectivity index (χ3n) is 20.5. The van der Waals surface area contributed by atoms with Crippen LogP contribution in [0.25, 0.3) is 11.1 Å². The molecular formula is C78H85F7N8O8. The summed E-state index contributed by atoms with van der Waals surface area (Å²) in [6.07, 6.45) is -7.53. The molecule has 7 aromatic rings. The van der Waals surface area contributed by atoms with Crippen molar-refractivity contribution < 1.29 is 69.3 Å². The van der Waals surface area contributed by atoms with Crippen LogP contribution in [-0.4, -0.2) is 188 Å². The molecule has 4 aliphatic rings. The van der Waals surface area contributed by atoms with E-state index >= 15 is 0 Å². The summed E-state index contributed by atoms with van der Waals surface area (Å²) in [4.78, 5) is 81.9. The van der Waals surface area contributed by atoms with Crippen LogP contribution in [0.1, 0.15) is 109 Å². The predicted molar refractivity (Wildman–Crippen MR) is 369 cm³/mol. The van der Waals surface area contributed by atoms with Gasteiger partial charge in [-0.3, -0.25) is 29.0 Å². The molecule has 1 aliphatic carbocycles. The Hall–Kier alpha value is -9.00. The maximum absolute atomic E-state index is 14.3. The molecule has 2 atom stereocenters. The number of fused-ring (bicyclic) bond motifs is 2. The molecule has 23 heteroatoms. The Morgan fingerprint density at radius 1 is 0.614 bits per heavy atom. The van der Waals surface area contributed by atoms with E-state index in [9.17, 15) is 59.8 Å². The smallest absolute Gasteiger partial charge is 0.416 e. The zero-order chi connectivity index (χ0) is 71.8. The first kappa shape index (κ1) is 73.2. The van der Waals surface area contributed by atoms with Crippen LogP contribution in [-0.2, 0) is 57.1 Å². The Labute approximate surface area is 584 Å². The van der Waals surface area contributed by atoms with E-state index in [1.807, 2.05) is 129 Å². The Bertz CT molecular complexity index is 4020. The number of para-hydroxylation sites is 1. The number of carbonyl (C=O) groups is 5. The number of amides is 5. The molecule has 0 unspecified atom stereocenters. The highest BCUT2D eigenvalue weighted by Crippen LogP contribution is 2.49. The fourth-order valence-electron chi connectivity index (χ4n) is 14.8. The lowest BCUT2D eigenvalue weighted by Crippen LogP contribution is -2.50. The van der Waals surface area contributed by atoms with Crippen molar-refractivity contribution in [2.75, 3.05) is 112 Å². The molecule has 11 rings (SSSR count). The van der Waals surface area contributed by atoms with Crippen molar-refractivity contribution in [2.45, 2.75) is 93.5 Å². The summed E-state index contributed by atoms with van der Waals surface area (Å²) in [7, 11) is 7.26. The first-order valence-corrected chi connectivity index (χ1v) is 34.2. The van der Waals surface area contributed by atoms with E-state index in [1.54, 1.807) is 28.8 Å². The Balaban J connectivity index is 0.607. The molecule has 0 radical (unpaired) electrons. The summed E-state index contributed by atoms with van der Waals surface area (Å²) >= 11 is 0. The standard InChI is InChI=1S/C78H85F7N8O8/c1-86(50-55-14-12-18-59(44-55)72(96)89(4)42-43-90-37-30-65(31-38-90)93(74(98)99)68-21-11-9-19-66(68)56-15-6-5-7-16-56)49-54-22-24-57(25-23-54)71(95)88(3)36-13-35-87(2)70(94)51-100-69-47-58-17-8-10-20-67(58)75(69)32-39-91(40-33-75)41-34-76(61-26-28-64(79)29-27-61)52-92(53-101-76)73(97)60-45-62(77(80,81)82)48-63(46-60)78(83,84)85/h5-12,14-29,44-46,48,65,69H,13,30-43,47,49-53H2,1-4H3,(H,98,99)/t69-,76-/m0/s1. The number of benzene rings is 7. The second-order valence-electron chi connectivity index (χ2n) is 27.3. The van der Waals surface area contributed by atoms with Gasteiger partial charge in [-0.25, -0.2) is 9.18 Å². The molecule has 3 fully saturated rings. The number of carboxylic acid groups (broad SMARTS) is 1. The van der Waals surface area contributed by atoms with Crippen molar-refractivity contribution in [1.29, 1.82) is 0 Å².